The Bertz CT molecular complexity index is 413. The Morgan fingerprint density at radius 3 is 2.87 bits per heavy atom. The van der Waals surface area contributed by atoms with E-state index in [0.717, 1.165) is 19.5 Å². The fourth-order valence-corrected chi connectivity index (χ4v) is 2.49. The summed E-state index contributed by atoms with van der Waals surface area (Å²) in [5.74, 6) is 1.44. The van der Waals surface area contributed by atoms with Crippen molar-refractivity contribution in [2.45, 2.75) is 19.9 Å². The van der Waals surface area contributed by atoms with E-state index < -0.39 is 0 Å². The second-order valence-electron chi connectivity index (χ2n) is 4.75. The van der Waals surface area contributed by atoms with Crippen LogP contribution in [0.2, 0.25) is 0 Å². The lowest BCUT2D eigenvalue weighted by molar-refractivity contribution is -0.130. The summed E-state index contributed by atoms with van der Waals surface area (Å²) in [4.78, 5) is 13.8. The molecule has 2 atom stereocenters. The van der Waals surface area contributed by atoms with E-state index in [1.165, 1.54) is 11.1 Å². The Kier molecular flexibility index (Phi) is 1.84. The summed E-state index contributed by atoms with van der Waals surface area (Å²) < 4.78 is 0. The molecule has 2 fully saturated rings. The summed E-state index contributed by atoms with van der Waals surface area (Å²) in [6.07, 6.45) is 1.14. The van der Waals surface area contributed by atoms with E-state index in [4.69, 9.17) is 0 Å². The van der Waals surface area contributed by atoms with Gasteiger partial charge in [-0.1, -0.05) is 24.3 Å². The van der Waals surface area contributed by atoms with Gasteiger partial charge in [-0.2, -0.15) is 0 Å². The number of rotatable bonds is 2. The molecule has 1 heterocycles. The van der Waals surface area contributed by atoms with Crippen LogP contribution >= 0.6 is 0 Å². The summed E-state index contributed by atoms with van der Waals surface area (Å²) in [6.45, 7) is 3.90. The number of benzene rings is 1. The number of hydrogen-bond donors (Lipinski definition) is 0. The van der Waals surface area contributed by atoms with E-state index in [1.807, 2.05) is 17.0 Å². The van der Waals surface area contributed by atoms with Gasteiger partial charge >= 0.3 is 0 Å². The third-order valence-corrected chi connectivity index (χ3v) is 3.63. The molecule has 1 aliphatic heterocycles. The Hall–Kier alpha value is -1.31. The molecule has 1 saturated heterocycles. The molecule has 2 nitrogen and oxygen atoms in total. The summed E-state index contributed by atoms with van der Waals surface area (Å²) in [5.41, 5.74) is 2.57. The summed E-state index contributed by atoms with van der Waals surface area (Å²) in [6, 6.07) is 8.31. The summed E-state index contributed by atoms with van der Waals surface area (Å²) in [7, 11) is 0. The Labute approximate surface area is 89.9 Å². The van der Waals surface area contributed by atoms with Crippen LogP contribution in [0.1, 0.15) is 17.5 Å². The second kappa shape index (κ2) is 3.09. The lowest BCUT2D eigenvalue weighted by Crippen LogP contribution is -2.27. The van der Waals surface area contributed by atoms with Gasteiger partial charge in [0.15, 0.2) is 0 Å². The van der Waals surface area contributed by atoms with Crippen molar-refractivity contribution in [2.75, 3.05) is 6.54 Å². The third-order valence-electron chi connectivity index (χ3n) is 3.63. The maximum Gasteiger partial charge on any atom is 0.226 e. The highest BCUT2D eigenvalue weighted by atomic mass is 16.2. The first kappa shape index (κ1) is 8.96. The average molecular weight is 201 g/mol. The van der Waals surface area contributed by atoms with E-state index in [2.05, 4.69) is 19.1 Å². The smallest absolute Gasteiger partial charge is 0.226 e. The molecule has 2 aliphatic rings. The highest BCUT2D eigenvalue weighted by Gasteiger charge is 2.51. The van der Waals surface area contributed by atoms with Gasteiger partial charge in [-0.05, 0) is 30.4 Å². The third kappa shape index (κ3) is 1.44. The Balaban J connectivity index is 1.76. The largest absolute Gasteiger partial charge is 0.338 e. The fourth-order valence-electron chi connectivity index (χ4n) is 2.49. The maximum atomic E-state index is 11.8. The van der Waals surface area contributed by atoms with E-state index >= 15 is 0 Å². The van der Waals surface area contributed by atoms with Gasteiger partial charge in [0.1, 0.15) is 0 Å². The van der Waals surface area contributed by atoms with Crippen molar-refractivity contribution >= 4 is 5.91 Å². The Morgan fingerprint density at radius 1 is 1.40 bits per heavy atom. The molecule has 0 aromatic heterocycles. The van der Waals surface area contributed by atoms with Crippen LogP contribution in [0, 0.1) is 18.8 Å². The van der Waals surface area contributed by atoms with Crippen LogP contribution in [-0.2, 0) is 11.3 Å². The SMILES string of the molecule is Cc1ccccc1CN1CC2CC2C1=O. The number of piperidine rings is 1. The molecular weight excluding hydrogens is 186 g/mol. The van der Waals surface area contributed by atoms with Crippen molar-refractivity contribution in [1.82, 2.24) is 4.90 Å². The minimum Gasteiger partial charge on any atom is -0.338 e. The van der Waals surface area contributed by atoms with E-state index in [9.17, 15) is 4.79 Å². The molecule has 0 bridgehead atoms. The van der Waals surface area contributed by atoms with Crippen LogP contribution in [0.4, 0.5) is 0 Å². The van der Waals surface area contributed by atoms with Crippen molar-refractivity contribution in [2.24, 2.45) is 11.8 Å². The number of aryl methyl sites for hydroxylation is 1. The molecule has 1 aliphatic carbocycles. The molecule has 1 amide bonds. The van der Waals surface area contributed by atoms with Crippen molar-refractivity contribution in [1.29, 1.82) is 0 Å². The van der Waals surface area contributed by atoms with Gasteiger partial charge in [0.2, 0.25) is 5.91 Å². The molecule has 0 N–H and O–H groups in total. The Morgan fingerprint density at radius 2 is 2.20 bits per heavy atom. The van der Waals surface area contributed by atoms with Crippen LogP contribution < -0.4 is 0 Å². The van der Waals surface area contributed by atoms with Crippen LogP contribution in [0.15, 0.2) is 24.3 Å². The van der Waals surface area contributed by atoms with Crippen LogP contribution in [0.3, 0.4) is 0 Å². The summed E-state index contributed by atoms with van der Waals surface area (Å²) in [5, 5.41) is 0. The molecule has 2 heteroatoms. The summed E-state index contributed by atoms with van der Waals surface area (Å²) >= 11 is 0. The van der Waals surface area contributed by atoms with Crippen LogP contribution in [-0.4, -0.2) is 17.4 Å². The van der Waals surface area contributed by atoms with E-state index in [1.54, 1.807) is 0 Å². The zero-order valence-corrected chi connectivity index (χ0v) is 8.94. The first-order chi connectivity index (χ1) is 7.25. The number of carbonyl (C=O) groups excluding carboxylic acids is 1. The van der Waals surface area contributed by atoms with E-state index in [0.29, 0.717) is 17.7 Å². The molecule has 1 saturated carbocycles. The predicted octanol–water partition coefficient (Wildman–Crippen LogP) is 1.97. The number of likely N-dealkylation sites (tertiary alicyclic amines) is 1. The lowest BCUT2D eigenvalue weighted by atomic mass is 10.1. The number of hydrogen-bond acceptors (Lipinski definition) is 1. The molecule has 1 aromatic rings. The van der Waals surface area contributed by atoms with E-state index in [-0.39, 0.29) is 0 Å². The number of nitrogens with zero attached hydrogens (tertiary/aromatic N) is 1. The minimum atomic E-state index is 0.378. The molecule has 1 aromatic carbocycles. The second-order valence-corrected chi connectivity index (χ2v) is 4.75. The topological polar surface area (TPSA) is 20.3 Å². The fraction of sp³-hybridized carbons (Fsp3) is 0.462. The molecule has 15 heavy (non-hydrogen) atoms. The van der Waals surface area contributed by atoms with Gasteiger partial charge in [-0.3, -0.25) is 4.79 Å². The lowest BCUT2D eigenvalue weighted by Gasteiger charge is -2.19. The molecule has 2 unspecified atom stereocenters. The first-order valence-corrected chi connectivity index (χ1v) is 5.59. The quantitative estimate of drug-likeness (QED) is 0.716. The molecule has 0 radical (unpaired) electrons. The molecule has 78 valence electrons. The molecule has 0 spiro atoms. The van der Waals surface area contributed by atoms with Gasteiger partial charge in [0, 0.05) is 19.0 Å². The number of fused-ring (bicyclic) bond motifs is 1. The average Bonchev–Trinajstić information content (AvgIpc) is 2.92. The van der Waals surface area contributed by atoms with Gasteiger partial charge in [-0.15, -0.1) is 0 Å². The van der Waals surface area contributed by atoms with Gasteiger partial charge < -0.3 is 4.90 Å². The van der Waals surface area contributed by atoms with Crippen LogP contribution in [0.25, 0.3) is 0 Å². The highest BCUT2D eigenvalue weighted by molar-refractivity contribution is 5.84. The number of carbonyl (C=O) groups is 1. The standard InChI is InChI=1S/C13H15NO/c1-9-4-2-3-5-10(9)7-14-8-11-6-12(11)13(14)15/h2-5,11-12H,6-8H2,1H3. The van der Waals surface area contributed by atoms with Gasteiger partial charge in [0.25, 0.3) is 0 Å². The van der Waals surface area contributed by atoms with Gasteiger partial charge in [-0.25, -0.2) is 0 Å². The van der Waals surface area contributed by atoms with Gasteiger partial charge in [0.05, 0.1) is 0 Å². The number of amides is 1. The zero-order valence-electron chi connectivity index (χ0n) is 8.94. The minimum absolute atomic E-state index is 0.378. The zero-order chi connectivity index (χ0) is 10.4. The normalized spacial score (nSPS) is 28.1. The first-order valence-electron chi connectivity index (χ1n) is 5.59. The maximum absolute atomic E-state index is 11.8. The molecule has 3 rings (SSSR count). The monoisotopic (exact) mass is 201 g/mol. The van der Waals surface area contributed by atoms with Crippen molar-refractivity contribution < 1.29 is 4.79 Å². The molecular formula is C13H15NO. The van der Waals surface area contributed by atoms with Crippen molar-refractivity contribution in [3.05, 3.63) is 35.4 Å². The predicted molar refractivity (Wildman–Crippen MR) is 58.2 cm³/mol. The highest BCUT2D eigenvalue weighted by Crippen LogP contribution is 2.46. The van der Waals surface area contributed by atoms with Crippen LogP contribution in [0.5, 0.6) is 0 Å². The van der Waals surface area contributed by atoms with Crippen molar-refractivity contribution in [3.8, 4) is 0 Å². The van der Waals surface area contributed by atoms with Crippen molar-refractivity contribution in [3.63, 3.8) is 0 Å².